The molecule has 0 saturated heterocycles. The molecule has 0 aliphatic rings. The Morgan fingerprint density at radius 1 is 1.26 bits per heavy atom. The third-order valence-corrected chi connectivity index (χ3v) is 4.90. The highest BCUT2D eigenvalue weighted by molar-refractivity contribution is 8.01. The molecule has 0 aliphatic carbocycles. The second-order valence-electron chi connectivity index (χ2n) is 4.73. The number of carbonyl (C=O) groups excluding carboxylic acids is 2. The van der Waals surface area contributed by atoms with Gasteiger partial charge in [0.2, 0.25) is 11.0 Å². The third kappa shape index (κ3) is 5.22. The molecule has 23 heavy (non-hydrogen) atoms. The molecule has 1 heterocycles. The summed E-state index contributed by atoms with van der Waals surface area (Å²) < 4.78 is 0.666. The van der Waals surface area contributed by atoms with Crippen LogP contribution in [0.5, 0.6) is 0 Å². The summed E-state index contributed by atoms with van der Waals surface area (Å²) in [4.78, 5) is 23.6. The van der Waals surface area contributed by atoms with Crippen LogP contribution < -0.4 is 16.0 Å². The van der Waals surface area contributed by atoms with E-state index in [1.807, 2.05) is 32.0 Å². The fraction of sp³-hybridized carbons (Fsp3) is 0.286. The average molecular weight is 351 g/mol. The molecule has 9 heteroatoms. The number of nitrogens with zero attached hydrogens (tertiary/aromatic N) is 2. The number of benzene rings is 1. The van der Waals surface area contributed by atoms with Gasteiger partial charge in [-0.15, -0.1) is 10.2 Å². The number of amides is 3. The van der Waals surface area contributed by atoms with E-state index in [0.29, 0.717) is 15.2 Å². The van der Waals surface area contributed by atoms with Gasteiger partial charge in [-0.25, -0.2) is 4.79 Å². The summed E-state index contributed by atoms with van der Waals surface area (Å²) in [5.41, 5.74) is 2.73. The first-order chi connectivity index (χ1) is 11.0. The lowest BCUT2D eigenvalue weighted by Gasteiger charge is -2.09. The predicted octanol–water partition coefficient (Wildman–Crippen LogP) is 2.64. The average Bonchev–Trinajstić information content (AvgIpc) is 2.96. The van der Waals surface area contributed by atoms with E-state index < -0.39 is 11.9 Å². The number of imide groups is 1. The largest absolute Gasteiger partial charge is 0.363 e. The Bertz CT molecular complexity index is 717. The number of rotatable bonds is 5. The van der Waals surface area contributed by atoms with Gasteiger partial charge in [0, 0.05) is 12.7 Å². The molecule has 0 bridgehead atoms. The lowest BCUT2D eigenvalue weighted by atomic mass is 10.1. The van der Waals surface area contributed by atoms with Gasteiger partial charge in [0.05, 0.1) is 5.75 Å². The first-order valence-corrected chi connectivity index (χ1v) is 8.60. The lowest BCUT2D eigenvalue weighted by molar-refractivity contribution is -0.117. The van der Waals surface area contributed by atoms with Crippen molar-refractivity contribution in [2.24, 2.45) is 0 Å². The lowest BCUT2D eigenvalue weighted by Crippen LogP contribution is -2.35. The zero-order valence-electron chi connectivity index (χ0n) is 13.0. The monoisotopic (exact) mass is 351 g/mol. The number of aryl methyl sites for hydroxylation is 2. The number of hydrogen-bond acceptors (Lipinski definition) is 7. The number of thioether (sulfide) groups is 1. The van der Waals surface area contributed by atoms with Crippen LogP contribution >= 0.6 is 23.1 Å². The minimum absolute atomic E-state index is 0.0959. The highest BCUT2D eigenvalue weighted by Crippen LogP contribution is 2.24. The van der Waals surface area contributed by atoms with Gasteiger partial charge in [0.25, 0.3) is 0 Å². The number of hydrogen-bond donors (Lipinski definition) is 3. The van der Waals surface area contributed by atoms with Crippen molar-refractivity contribution in [1.29, 1.82) is 0 Å². The molecule has 1 aromatic heterocycles. The summed E-state index contributed by atoms with van der Waals surface area (Å²) in [6, 6.07) is 5.12. The van der Waals surface area contributed by atoms with Crippen LogP contribution in [0.25, 0.3) is 0 Å². The Kier molecular flexibility index (Phi) is 5.94. The van der Waals surface area contributed by atoms with Crippen LogP contribution in [0.2, 0.25) is 0 Å². The molecule has 2 rings (SSSR count). The number of urea groups is 1. The van der Waals surface area contributed by atoms with Crippen molar-refractivity contribution in [3.8, 4) is 0 Å². The number of carbonyl (C=O) groups is 2. The van der Waals surface area contributed by atoms with E-state index in [4.69, 9.17) is 0 Å². The van der Waals surface area contributed by atoms with Gasteiger partial charge in [0.15, 0.2) is 4.34 Å². The van der Waals surface area contributed by atoms with Crippen molar-refractivity contribution in [3.63, 3.8) is 0 Å². The molecule has 0 saturated carbocycles. The summed E-state index contributed by atoms with van der Waals surface area (Å²) in [6.45, 7) is 3.87. The van der Waals surface area contributed by atoms with Gasteiger partial charge in [-0.3, -0.25) is 10.1 Å². The third-order valence-electron chi connectivity index (χ3n) is 2.83. The summed E-state index contributed by atoms with van der Waals surface area (Å²) in [7, 11) is 1.75. The van der Waals surface area contributed by atoms with Crippen LogP contribution in [0.15, 0.2) is 22.5 Å². The molecular weight excluding hydrogens is 334 g/mol. The second-order valence-corrected chi connectivity index (χ2v) is 6.93. The Labute approximate surface area is 142 Å². The van der Waals surface area contributed by atoms with Gasteiger partial charge >= 0.3 is 6.03 Å². The predicted molar refractivity (Wildman–Crippen MR) is 93.3 cm³/mol. The van der Waals surface area contributed by atoms with Crippen molar-refractivity contribution in [1.82, 2.24) is 15.5 Å². The maximum atomic E-state index is 11.8. The highest BCUT2D eigenvalue weighted by Gasteiger charge is 2.11. The Balaban J connectivity index is 1.81. The van der Waals surface area contributed by atoms with Crippen LogP contribution in [0.1, 0.15) is 11.1 Å². The van der Waals surface area contributed by atoms with Crippen molar-refractivity contribution >= 4 is 45.9 Å². The highest BCUT2D eigenvalue weighted by atomic mass is 32.2. The SMILES string of the molecule is CNc1nnc(SCC(=O)NC(=O)Nc2ccc(C)cc2C)s1. The van der Waals surface area contributed by atoms with E-state index in [1.165, 1.54) is 23.1 Å². The van der Waals surface area contributed by atoms with Crippen LogP contribution in [0.4, 0.5) is 15.6 Å². The maximum Gasteiger partial charge on any atom is 0.325 e. The second kappa shape index (κ2) is 7.93. The van der Waals surface area contributed by atoms with Crippen LogP contribution in [-0.2, 0) is 4.79 Å². The minimum atomic E-state index is -0.546. The molecule has 3 amide bonds. The van der Waals surface area contributed by atoms with E-state index in [-0.39, 0.29) is 5.75 Å². The summed E-state index contributed by atoms with van der Waals surface area (Å²) in [5, 5.41) is 16.3. The van der Waals surface area contributed by atoms with Gasteiger partial charge < -0.3 is 10.6 Å². The number of aromatic nitrogens is 2. The molecule has 7 nitrogen and oxygen atoms in total. The number of nitrogens with one attached hydrogen (secondary N) is 3. The van der Waals surface area contributed by atoms with E-state index in [9.17, 15) is 9.59 Å². The summed E-state index contributed by atoms with van der Waals surface area (Å²) in [5.74, 6) is -0.294. The minimum Gasteiger partial charge on any atom is -0.363 e. The normalized spacial score (nSPS) is 10.2. The maximum absolute atomic E-state index is 11.8. The van der Waals surface area contributed by atoms with Crippen LogP contribution in [0.3, 0.4) is 0 Å². The first-order valence-electron chi connectivity index (χ1n) is 6.80. The smallest absolute Gasteiger partial charge is 0.325 e. The zero-order chi connectivity index (χ0) is 16.8. The van der Waals surface area contributed by atoms with Crippen molar-refractivity contribution in [2.45, 2.75) is 18.2 Å². The van der Waals surface area contributed by atoms with E-state index in [2.05, 4.69) is 26.1 Å². The molecule has 0 atom stereocenters. The van der Waals surface area contributed by atoms with Gasteiger partial charge in [0.1, 0.15) is 0 Å². The Morgan fingerprint density at radius 2 is 2.04 bits per heavy atom. The van der Waals surface area contributed by atoms with E-state index in [1.54, 1.807) is 7.05 Å². The summed E-state index contributed by atoms with van der Waals surface area (Å²) in [6.07, 6.45) is 0. The first kappa shape index (κ1) is 17.2. The van der Waals surface area contributed by atoms with E-state index >= 15 is 0 Å². The molecule has 3 N–H and O–H groups in total. The number of anilines is 2. The molecule has 0 unspecified atom stereocenters. The molecule has 0 radical (unpaired) electrons. The van der Waals surface area contributed by atoms with Gasteiger partial charge in [-0.1, -0.05) is 40.8 Å². The standard InChI is InChI=1S/C14H17N5O2S2/c1-8-4-5-10(9(2)6-8)16-12(21)17-11(20)7-22-14-19-18-13(15-3)23-14/h4-6H,7H2,1-3H3,(H,15,18)(H2,16,17,20,21). The molecule has 1 aromatic carbocycles. The van der Waals surface area contributed by atoms with E-state index in [0.717, 1.165) is 11.1 Å². The molecule has 2 aromatic rings. The summed E-state index contributed by atoms with van der Waals surface area (Å²) >= 11 is 2.58. The van der Waals surface area contributed by atoms with Crippen LogP contribution in [-0.4, -0.2) is 34.9 Å². The molecule has 122 valence electrons. The molecule has 0 spiro atoms. The quantitative estimate of drug-likeness (QED) is 0.717. The fourth-order valence-electron chi connectivity index (χ4n) is 1.77. The van der Waals surface area contributed by atoms with Gasteiger partial charge in [-0.05, 0) is 25.5 Å². The van der Waals surface area contributed by atoms with Crippen molar-refractivity contribution < 1.29 is 9.59 Å². The van der Waals surface area contributed by atoms with Crippen LogP contribution in [0, 0.1) is 13.8 Å². The van der Waals surface area contributed by atoms with Crippen molar-refractivity contribution in [3.05, 3.63) is 29.3 Å². The zero-order valence-corrected chi connectivity index (χ0v) is 14.6. The topological polar surface area (TPSA) is 96.0 Å². The van der Waals surface area contributed by atoms with Gasteiger partial charge in [-0.2, -0.15) is 0 Å². The molecule has 0 fully saturated rings. The Hall–Kier alpha value is -2.13. The van der Waals surface area contributed by atoms with Crippen molar-refractivity contribution in [2.75, 3.05) is 23.4 Å². The Morgan fingerprint density at radius 3 is 2.70 bits per heavy atom. The molecule has 0 aliphatic heterocycles. The molecular formula is C14H17N5O2S2. The fourth-order valence-corrected chi connectivity index (χ4v) is 3.27.